The van der Waals surface area contributed by atoms with E-state index in [1.165, 1.54) is 0 Å². The second kappa shape index (κ2) is 11.0. The van der Waals surface area contributed by atoms with Crippen molar-refractivity contribution in [3.05, 3.63) is 89.7 Å². The molecule has 0 atom stereocenters. The molecule has 1 heterocycles. The van der Waals surface area contributed by atoms with Crippen molar-refractivity contribution in [2.75, 3.05) is 18.6 Å². The number of hydrogen-bond donors (Lipinski definition) is 1. The van der Waals surface area contributed by atoms with E-state index < -0.39 is 5.97 Å². The Bertz CT molecular complexity index is 1070. The van der Waals surface area contributed by atoms with Crippen LogP contribution in [-0.4, -0.2) is 35.7 Å². The summed E-state index contributed by atoms with van der Waals surface area (Å²) in [6, 6.07) is 17.3. The van der Waals surface area contributed by atoms with Gasteiger partial charge in [0.15, 0.2) is 5.11 Å². The van der Waals surface area contributed by atoms with Crippen molar-refractivity contribution in [3.8, 4) is 5.75 Å². The number of carbonyl (C=O) groups excluding carboxylic acids is 2. The Balaban J connectivity index is 1.82. The number of amides is 1. The zero-order valence-electron chi connectivity index (χ0n) is 17.8. The summed E-state index contributed by atoms with van der Waals surface area (Å²) in [4.78, 5) is 30.5. The van der Waals surface area contributed by atoms with Crippen LogP contribution in [0, 0.1) is 0 Å². The van der Waals surface area contributed by atoms with Crippen LogP contribution in [0.15, 0.2) is 73.1 Å². The Hall–Kier alpha value is -3.78. The highest BCUT2D eigenvalue weighted by Gasteiger charge is 2.17. The lowest BCUT2D eigenvalue weighted by atomic mass is 10.1. The minimum Gasteiger partial charge on any atom is -0.497 e. The van der Waals surface area contributed by atoms with Gasteiger partial charge in [-0.15, -0.1) is 0 Å². The minimum absolute atomic E-state index is 0.228. The summed E-state index contributed by atoms with van der Waals surface area (Å²) in [6.45, 7) is 2.46. The highest BCUT2D eigenvalue weighted by molar-refractivity contribution is 7.80. The predicted octanol–water partition coefficient (Wildman–Crippen LogP) is 3.99. The number of carbonyl (C=O) groups is 2. The molecule has 0 radical (unpaired) electrons. The molecule has 0 saturated heterocycles. The maximum absolute atomic E-state index is 12.7. The molecular formula is C24H23N3O4S. The van der Waals surface area contributed by atoms with E-state index in [0.717, 1.165) is 11.3 Å². The van der Waals surface area contributed by atoms with Crippen LogP contribution in [0.3, 0.4) is 0 Å². The number of esters is 1. The van der Waals surface area contributed by atoms with Gasteiger partial charge in [0, 0.05) is 23.6 Å². The summed E-state index contributed by atoms with van der Waals surface area (Å²) in [5.74, 6) is -0.0687. The van der Waals surface area contributed by atoms with Gasteiger partial charge in [-0.05, 0) is 85.4 Å². The monoisotopic (exact) mass is 449 g/mol. The number of pyridine rings is 1. The Morgan fingerprint density at radius 3 is 2.19 bits per heavy atom. The number of nitrogens with one attached hydrogen (secondary N) is 1. The third-order valence-corrected chi connectivity index (χ3v) is 4.92. The van der Waals surface area contributed by atoms with E-state index in [1.807, 2.05) is 12.1 Å². The Morgan fingerprint density at radius 2 is 1.59 bits per heavy atom. The number of nitrogens with zero attached hydrogens (tertiary/aromatic N) is 2. The second-order valence-electron chi connectivity index (χ2n) is 6.70. The number of thiocarbonyl (C=S) groups is 1. The predicted molar refractivity (Wildman–Crippen MR) is 126 cm³/mol. The number of aromatic nitrogens is 1. The summed E-state index contributed by atoms with van der Waals surface area (Å²) in [5.41, 5.74) is 2.56. The molecule has 0 aliphatic rings. The summed E-state index contributed by atoms with van der Waals surface area (Å²) >= 11 is 5.57. The van der Waals surface area contributed by atoms with E-state index >= 15 is 0 Å². The molecule has 7 nitrogen and oxygen atoms in total. The van der Waals surface area contributed by atoms with Crippen LogP contribution in [0.1, 0.15) is 33.2 Å². The Kier molecular flexibility index (Phi) is 7.88. The van der Waals surface area contributed by atoms with Crippen molar-refractivity contribution in [2.24, 2.45) is 0 Å². The highest BCUT2D eigenvalue weighted by Crippen LogP contribution is 2.20. The third kappa shape index (κ3) is 5.89. The number of methoxy groups -OCH3 is 1. The average Bonchev–Trinajstić information content (AvgIpc) is 2.83. The zero-order chi connectivity index (χ0) is 22.9. The van der Waals surface area contributed by atoms with Gasteiger partial charge in [-0.1, -0.05) is 0 Å². The van der Waals surface area contributed by atoms with Gasteiger partial charge in [0.05, 0.1) is 25.8 Å². The molecule has 0 aliphatic carbocycles. The van der Waals surface area contributed by atoms with Crippen molar-refractivity contribution in [1.82, 2.24) is 10.3 Å². The fraction of sp³-hybridized carbons (Fsp3) is 0.167. The quantitative estimate of drug-likeness (QED) is 0.431. The normalized spacial score (nSPS) is 10.2. The molecule has 0 saturated carbocycles. The molecule has 3 rings (SSSR count). The molecule has 0 aliphatic heterocycles. The maximum Gasteiger partial charge on any atom is 0.338 e. The van der Waals surface area contributed by atoms with Crippen LogP contribution in [0.25, 0.3) is 0 Å². The van der Waals surface area contributed by atoms with Gasteiger partial charge in [0.2, 0.25) is 0 Å². The first-order valence-electron chi connectivity index (χ1n) is 9.94. The molecule has 8 heteroatoms. The molecule has 2 aromatic carbocycles. The van der Waals surface area contributed by atoms with Crippen LogP contribution < -0.4 is 15.0 Å². The third-order valence-electron chi connectivity index (χ3n) is 4.60. The van der Waals surface area contributed by atoms with Crippen molar-refractivity contribution in [2.45, 2.75) is 13.5 Å². The first-order valence-corrected chi connectivity index (χ1v) is 10.4. The molecule has 1 N–H and O–H groups in total. The summed E-state index contributed by atoms with van der Waals surface area (Å²) in [5, 5.41) is 3.01. The fourth-order valence-corrected chi connectivity index (χ4v) is 3.18. The molecule has 0 unspecified atom stereocenters. The molecule has 164 valence electrons. The van der Waals surface area contributed by atoms with E-state index in [9.17, 15) is 9.59 Å². The average molecular weight is 450 g/mol. The van der Waals surface area contributed by atoms with Crippen molar-refractivity contribution in [3.63, 3.8) is 0 Å². The SMILES string of the molecule is CCOC(=O)c1ccc(N(Cc2ccncc2)C(=S)NC(=O)c2ccc(OC)cc2)cc1. The Morgan fingerprint density at radius 1 is 0.969 bits per heavy atom. The lowest BCUT2D eigenvalue weighted by Crippen LogP contribution is -2.42. The van der Waals surface area contributed by atoms with E-state index in [0.29, 0.717) is 30.0 Å². The van der Waals surface area contributed by atoms with Crippen molar-refractivity contribution >= 4 is 34.9 Å². The fourth-order valence-electron chi connectivity index (χ4n) is 2.92. The topological polar surface area (TPSA) is 80.8 Å². The molecule has 0 spiro atoms. The highest BCUT2D eigenvalue weighted by atomic mass is 32.1. The lowest BCUT2D eigenvalue weighted by molar-refractivity contribution is 0.0526. The molecular weight excluding hydrogens is 426 g/mol. The molecule has 32 heavy (non-hydrogen) atoms. The number of hydrogen-bond acceptors (Lipinski definition) is 6. The standard InChI is InChI=1S/C24H23N3O4S/c1-3-31-23(29)19-4-8-20(9-5-19)27(16-17-12-14-25-15-13-17)24(32)26-22(28)18-6-10-21(30-2)11-7-18/h4-15H,3,16H2,1-2H3,(H,26,28,32). The van der Waals surface area contributed by atoms with Gasteiger partial charge in [0.25, 0.3) is 5.91 Å². The van der Waals surface area contributed by atoms with Gasteiger partial charge in [0.1, 0.15) is 5.75 Å². The second-order valence-corrected chi connectivity index (χ2v) is 7.08. The van der Waals surface area contributed by atoms with Gasteiger partial charge in [-0.3, -0.25) is 15.1 Å². The zero-order valence-corrected chi connectivity index (χ0v) is 18.6. The van der Waals surface area contributed by atoms with Crippen molar-refractivity contribution in [1.29, 1.82) is 0 Å². The summed E-state index contributed by atoms with van der Waals surface area (Å²) < 4.78 is 10.2. The number of anilines is 1. The van der Waals surface area contributed by atoms with Gasteiger partial charge < -0.3 is 14.4 Å². The molecule has 1 amide bonds. The minimum atomic E-state index is -0.393. The van der Waals surface area contributed by atoms with Crippen LogP contribution in [0.5, 0.6) is 5.75 Å². The van der Waals surface area contributed by atoms with E-state index in [2.05, 4.69) is 10.3 Å². The lowest BCUT2D eigenvalue weighted by Gasteiger charge is -2.26. The first-order chi connectivity index (χ1) is 15.5. The first kappa shape index (κ1) is 22.9. The summed E-state index contributed by atoms with van der Waals surface area (Å²) in [7, 11) is 1.56. The van der Waals surface area contributed by atoms with Gasteiger partial charge >= 0.3 is 5.97 Å². The largest absolute Gasteiger partial charge is 0.497 e. The van der Waals surface area contributed by atoms with Gasteiger partial charge in [-0.25, -0.2) is 4.79 Å². The Labute approximate surface area is 192 Å². The van der Waals surface area contributed by atoms with Gasteiger partial charge in [-0.2, -0.15) is 0 Å². The van der Waals surface area contributed by atoms with E-state index in [1.54, 1.807) is 79.9 Å². The number of ether oxygens (including phenoxy) is 2. The van der Waals surface area contributed by atoms with Crippen LogP contribution in [0.2, 0.25) is 0 Å². The maximum atomic E-state index is 12.7. The van der Waals surface area contributed by atoms with Crippen LogP contribution in [-0.2, 0) is 11.3 Å². The molecule has 0 bridgehead atoms. The molecule has 1 aromatic heterocycles. The number of benzene rings is 2. The van der Waals surface area contributed by atoms with E-state index in [4.69, 9.17) is 21.7 Å². The van der Waals surface area contributed by atoms with Crippen molar-refractivity contribution < 1.29 is 19.1 Å². The number of rotatable bonds is 7. The summed E-state index contributed by atoms with van der Waals surface area (Å²) in [6.07, 6.45) is 3.38. The van der Waals surface area contributed by atoms with Crippen LogP contribution in [0.4, 0.5) is 5.69 Å². The van der Waals surface area contributed by atoms with E-state index in [-0.39, 0.29) is 11.0 Å². The van der Waals surface area contributed by atoms with Crippen LogP contribution >= 0.6 is 12.2 Å². The molecule has 3 aromatic rings. The smallest absolute Gasteiger partial charge is 0.338 e. The molecule has 0 fully saturated rings.